The lowest BCUT2D eigenvalue weighted by Crippen LogP contribution is -2.16. The number of imidazole rings is 1. The van der Waals surface area contributed by atoms with Gasteiger partial charge in [-0.05, 0) is 31.5 Å². The van der Waals surface area contributed by atoms with Gasteiger partial charge in [-0.1, -0.05) is 6.07 Å². The van der Waals surface area contributed by atoms with E-state index < -0.39 is 0 Å². The van der Waals surface area contributed by atoms with Gasteiger partial charge in [0.25, 0.3) is 0 Å². The lowest BCUT2D eigenvalue weighted by Gasteiger charge is -2.16. The Labute approximate surface area is 125 Å². The molecule has 0 fully saturated rings. The van der Waals surface area contributed by atoms with Crippen molar-refractivity contribution in [3.63, 3.8) is 0 Å². The fraction of sp³-hybridized carbons (Fsp3) is 0.438. The monoisotopic (exact) mass is 289 g/mol. The van der Waals surface area contributed by atoms with Crippen molar-refractivity contribution in [1.82, 2.24) is 9.55 Å². The average molecular weight is 289 g/mol. The van der Waals surface area contributed by atoms with Crippen LogP contribution in [0.25, 0.3) is 0 Å². The van der Waals surface area contributed by atoms with Crippen molar-refractivity contribution in [2.75, 3.05) is 13.2 Å². The predicted molar refractivity (Wildman–Crippen MR) is 82.6 cm³/mol. The van der Waals surface area contributed by atoms with Crippen LogP contribution in [0.2, 0.25) is 0 Å². The topological polar surface area (TPSA) is 62.3 Å². The minimum Gasteiger partial charge on any atom is -0.490 e. The van der Waals surface area contributed by atoms with Crippen LogP contribution in [0, 0.1) is 0 Å². The zero-order valence-electron chi connectivity index (χ0n) is 12.9. The molecular formula is C16H23N3O2. The highest BCUT2D eigenvalue weighted by atomic mass is 16.5. The van der Waals surface area contributed by atoms with Gasteiger partial charge in [0, 0.05) is 31.9 Å². The van der Waals surface area contributed by atoms with Crippen LogP contribution in [0.4, 0.5) is 0 Å². The Hall–Kier alpha value is -2.01. The number of hydrogen-bond acceptors (Lipinski definition) is 4. The van der Waals surface area contributed by atoms with Crippen molar-refractivity contribution in [2.24, 2.45) is 12.8 Å². The standard InChI is InChI=1S/C16H23N3O2/c1-4-20-14-7-6-12(10-15(14)21-5-2)13(17)11-16-18-8-9-19(16)3/h6-10,13H,4-5,11,17H2,1-3H3. The summed E-state index contributed by atoms with van der Waals surface area (Å²) in [4.78, 5) is 4.31. The molecule has 5 heteroatoms. The highest BCUT2D eigenvalue weighted by Crippen LogP contribution is 2.30. The summed E-state index contributed by atoms with van der Waals surface area (Å²) in [5, 5.41) is 0. The van der Waals surface area contributed by atoms with Crippen molar-refractivity contribution in [3.8, 4) is 11.5 Å². The Morgan fingerprint density at radius 3 is 2.52 bits per heavy atom. The minimum absolute atomic E-state index is 0.124. The zero-order chi connectivity index (χ0) is 15.2. The van der Waals surface area contributed by atoms with Crippen LogP contribution in [-0.4, -0.2) is 22.8 Å². The van der Waals surface area contributed by atoms with Gasteiger partial charge in [-0.2, -0.15) is 0 Å². The maximum absolute atomic E-state index is 6.29. The maximum Gasteiger partial charge on any atom is 0.161 e. The van der Waals surface area contributed by atoms with Gasteiger partial charge < -0.3 is 19.8 Å². The Morgan fingerprint density at radius 1 is 1.19 bits per heavy atom. The van der Waals surface area contributed by atoms with E-state index >= 15 is 0 Å². The molecule has 0 aliphatic rings. The molecule has 0 bridgehead atoms. The van der Waals surface area contributed by atoms with Crippen molar-refractivity contribution in [1.29, 1.82) is 0 Å². The molecule has 21 heavy (non-hydrogen) atoms. The first-order valence-electron chi connectivity index (χ1n) is 7.27. The first kappa shape index (κ1) is 15.4. The predicted octanol–water partition coefficient (Wildman–Crippen LogP) is 2.46. The number of benzene rings is 1. The molecule has 0 aliphatic heterocycles. The molecule has 1 heterocycles. The lowest BCUT2D eigenvalue weighted by molar-refractivity contribution is 0.287. The molecule has 5 nitrogen and oxygen atoms in total. The van der Waals surface area contributed by atoms with Gasteiger partial charge in [0.05, 0.1) is 13.2 Å². The van der Waals surface area contributed by atoms with Crippen LogP contribution < -0.4 is 15.2 Å². The van der Waals surface area contributed by atoms with E-state index in [1.165, 1.54) is 0 Å². The van der Waals surface area contributed by atoms with Crippen molar-refractivity contribution >= 4 is 0 Å². The normalized spacial score (nSPS) is 12.2. The Morgan fingerprint density at radius 2 is 1.90 bits per heavy atom. The second-order valence-corrected chi connectivity index (χ2v) is 4.84. The number of ether oxygens (including phenoxy) is 2. The molecule has 114 valence electrons. The minimum atomic E-state index is -0.124. The summed E-state index contributed by atoms with van der Waals surface area (Å²) in [7, 11) is 1.97. The Bertz CT molecular complexity index is 581. The van der Waals surface area contributed by atoms with Gasteiger partial charge in [-0.3, -0.25) is 0 Å². The molecule has 0 radical (unpaired) electrons. The third-order valence-electron chi connectivity index (χ3n) is 3.32. The smallest absolute Gasteiger partial charge is 0.161 e. The Balaban J connectivity index is 2.18. The first-order chi connectivity index (χ1) is 10.2. The average Bonchev–Trinajstić information content (AvgIpc) is 2.86. The molecule has 0 amide bonds. The van der Waals surface area contributed by atoms with Gasteiger partial charge in [-0.25, -0.2) is 4.98 Å². The molecule has 0 spiro atoms. The van der Waals surface area contributed by atoms with E-state index in [2.05, 4.69) is 4.98 Å². The van der Waals surface area contributed by atoms with Crippen LogP contribution in [-0.2, 0) is 13.5 Å². The fourth-order valence-electron chi connectivity index (χ4n) is 2.21. The molecular weight excluding hydrogens is 266 g/mol. The molecule has 2 rings (SSSR count). The van der Waals surface area contributed by atoms with E-state index in [0.29, 0.717) is 19.6 Å². The maximum atomic E-state index is 6.29. The summed E-state index contributed by atoms with van der Waals surface area (Å²) in [5.74, 6) is 2.47. The van der Waals surface area contributed by atoms with Crippen molar-refractivity contribution in [3.05, 3.63) is 42.0 Å². The molecule has 0 saturated heterocycles. The lowest BCUT2D eigenvalue weighted by atomic mass is 10.0. The van der Waals surface area contributed by atoms with E-state index in [1.807, 2.05) is 49.9 Å². The van der Waals surface area contributed by atoms with Gasteiger partial charge in [0.2, 0.25) is 0 Å². The second kappa shape index (κ2) is 7.13. The molecule has 0 saturated carbocycles. The van der Waals surface area contributed by atoms with Crippen LogP contribution in [0.5, 0.6) is 11.5 Å². The zero-order valence-corrected chi connectivity index (χ0v) is 12.9. The SMILES string of the molecule is CCOc1ccc(C(N)Cc2nccn2C)cc1OCC. The molecule has 1 atom stereocenters. The summed E-state index contributed by atoms with van der Waals surface area (Å²) in [6, 6.07) is 5.74. The van der Waals surface area contributed by atoms with Crippen LogP contribution in [0.15, 0.2) is 30.6 Å². The number of hydrogen-bond donors (Lipinski definition) is 1. The van der Waals surface area contributed by atoms with E-state index in [0.717, 1.165) is 22.9 Å². The van der Waals surface area contributed by atoms with Crippen molar-refractivity contribution < 1.29 is 9.47 Å². The highest BCUT2D eigenvalue weighted by molar-refractivity contribution is 5.44. The molecule has 0 aliphatic carbocycles. The number of aryl methyl sites for hydroxylation is 1. The quantitative estimate of drug-likeness (QED) is 0.850. The van der Waals surface area contributed by atoms with E-state index in [1.54, 1.807) is 6.20 Å². The molecule has 2 aromatic rings. The summed E-state index contributed by atoms with van der Waals surface area (Å²) in [5.41, 5.74) is 7.31. The van der Waals surface area contributed by atoms with Gasteiger partial charge in [-0.15, -0.1) is 0 Å². The Kier molecular flexibility index (Phi) is 5.22. The highest BCUT2D eigenvalue weighted by Gasteiger charge is 2.13. The van der Waals surface area contributed by atoms with Gasteiger partial charge in [0.15, 0.2) is 11.5 Å². The van der Waals surface area contributed by atoms with E-state index in [-0.39, 0.29) is 6.04 Å². The summed E-state index contributed by atoms with van der Waals surface area (Å²) in [6.45, 7) is 5.11. The largest absolute Gasteiger partial charge is 0.490 e. The van der Waals surface area contributed by atoms with E-state index in [9.17, 15) is 0 Å². The van der Waals surface area contributed by atoms with Crippen LogP contribution >= 0.6 is 0 Å². The number of rotatable bonds is 7. The second-order valence-electron chi connectivity index (χ2n) is 4.84. The number of aromatic nitrogens is 2. The van der Waals surface area contributed by atoms with Gasteiger partial charge in [0.1, 0.15) is 5.82 Å². The van der Waals surface area contributed by atoms with E-state index in [4.69, 9.17) is 15.2 Å². The summed E-state index contributed by atoms with van der Waals surface area (Å²) < 4.78 is 13.2. The fourth-order valence-corrected chi connectivity index (χ4v) is 2.21. The molecule has 2 N–H and O–H groups in total. The third-order valence-corrected chi connectivity index (χ3v) is 3.32. The summed E-state index contributed by atoms with van der Waals surface area (Å²) in [6.07, 6.45) is 4.39. The third kappa shape index (κ3) is 3.76. The summed E-state index contributed by atoms with van der Waals surface area (Å²) >= 11 is 0. The molecule has 1 unspecified atom stereocenters. The molecule has 1 aromatic heterocycles. The van der Waals surface area contributed by atoms with Crippen LogP contribution in [0.1, 0.15) is 31.3 Å². The van der Waals surface area contributed by atoms with Crippen LogP contribution in [0.3, 0.4) is 0 Å². The number of nitrogens with zero attached hydrogens (tertiary/aromatic N) is 2. The van der Waals surface area contributed by atoms with Crippen molar-refractivity contribution in [2.45, 2.75) is 26.3 Å². The van der Waals surface area contributed by atoms with Gasteiger partial charge >= 0.3 is 0 Å². The molecule has 1 aromatic carbocycles. The first-order valence-corrected chi connectivity index (χ1v) is 7.27. The number of nitrogens with two attached hydrogens (primary N) is 1.